The SMILES string of the molecule is COC(=O)c1ncnc(C(=O)NCc2ccc3c(c2)CC(=O)CO3)c1F. The van der Waals surface area contributed by atoms with Crippen LogP contribution in [0.1, 0.15) is 32.1 Å². The maximum atomic E-state index is 14.2. The summed E-state index contributed by atoms with van der Waals surface area (Å²) in [5.41, 5.74) is 0.265. The molecule has 1 N–H and O–H groups in total. The average Bonchev–Trinajstić information content (AvgIpc) is 2.65. The number of esters is 1. The quantitative estimate of drug-likeness (QED) is 0.806. The molecule has 9 heteroatoms. The van der Waals surface area contributed by atoms with E-state index in [4.69, 9.17) is 4.74 Å². The monoisotopic (exact) mass is 359 g/mol. The summed E-state index contributed by atoms with van der Waals surface area (Å²) in [7, 11) is 1.08. The minimum absolute atomic E-state index is 0.0305. The second-order valence-corrected chi connectivity index (χ2v) is 5.51. The molecule has 0 aliphatic carbocycles. The Morgan fingerprint density at radius 3 is 2.85 bits per heavy atom. The van der Waals surface area contributed by atoms with Crippen molar-refractivity contribution in [2.45, 2.75) is 13.0 Å². The fraction of sp³-hybridized carbons (Fsp3) is 0.235. The minimum atomic E-state index is -1.15. The molecule has 1 aromatic heterocycles. The zero-order valence-electron chi connectivity index (χ0n) is 13.7. The van der Waals surface area contributed by atoms with Gasteiger partial charge in [0, 0.05) is 18.5 Å². The molecule has 2 heterocycles. The Labute approximate surface area is 147 Å². The number of fused-ring (bicyclic) bond motifs is 1. The van der Waals surface area contributed by atoms with Crippen molar-refractivity contribution in [3.63, 3.8) is 0 Å². The topological polar surface area (TPSA) is 107 Å². The van der Waals surface area contributed by atoms with Crippen molar-refractivity contribution >= 4 is 17.7 Å². The summed E-state index contributed by atoms with van der Waals surface area (Å²) in [6.07, 6.45) is 1.17. The number of halogens is 1. The second kappa shape index (κ2) is 7.26. The molecule has 2 aromatic rings. The third kappa shape index (κ3) is 3.51. The number of hydrogen-bond acceptors (Lipinski definition) is 7. The van der Waals surface area contributed by atoms with Gasteiger partial charge in [-0.3, -0.25) is 9.59 Å². The van der Waals surface area contributed by atoms with Crippen molar-refractivity contribution in [3.05, 3.63) is 52.9 Å². The number of nitrogens with one attached hydrogen (secondary N) is 1. The van der Waals surface area contributed by atoms with Gasteiger partial charge in [-0.25, -0.2) is 19.2 Å². The highest BCUT2D eigenvalue weighted by Gasteiger charge is 2.23. The molecule has 0 saturated carbocycles. The standard InChI is InChI=1S/C17H14FN3O5/c1-25-17(24)15-13(18)14(20-8-21-15)16(23)19-6-9-2-3-12-10(4-9)5-11(22)7-26-12/h2-4,8H,5-7H2,1H3,(H,19,23). The summed E-state index contributed by atoms with van der Waals surface area (Å²) in [5, 5.41) is 2.51. The molecule has 3 rings (SSSR count). The van der Waals surface area contributed by atoms with E-state index in [1.54, 1.807) is 18.2 Å². The maximum absolute atomic E-state index is 14.2. The molecule has 134 valence electrons. The Balaban J connectivity index is 1.73. The number of rotatable bonds is 4. The summed E-state index contributed by atoms with van der Waals surface area (Å²) >= 11 is 0. The van der Waals surface area contributed by atoms with Gasteiger partial charge in [0.15, 0.2) is 23.0 Å². The molecular weight excluding hydrogens is 345 g/mol. The van der Waals surface area contributed by atoms with E-state index in [2.05, 4.69) is 20.0 Å². The normalized spacial score (nSPS) is 12.8. The van der Waals surface area contributed by atoms with Crippen LogP contribution >= 0.6 is 0 Å². The van der Waals surface area contributed by atoms with Crippen LogP contribution in [0.3, 0.4) is 0 Å². The van der Waals surface area contributed by atoms with E-state index < -0.39 is 29.1 Å². The summed E-state index contributed by atoms with van der Waals surface area (Å²) < 4.78 is 23.9. The Bertz CT molecular complexity index is 900. The van der Waals surface area contributed by atoms with Gasteiger partial charge in [-0.15, -0.1) is 0 Å². The molecule has 0 spiro atoms. The van der Waals surface area contributed by atoms with Crippen LogP contribution in [0.25, 0.3) is 0 Å². The molecule has 1 aliphatic heterocycles. The molecule has 1 aromatic carbocycles. The first-order valence-electron chi connectivity index (χ1n) is 7.63. The average molecular weight is 359 g/mol. The highest BCUT2D eigenvalue weighted by molar-refractivity contribution is 5.95. The fourth-order valence-corrected chi connectivity index (χ4v) is 2.48. The van der Waals surface area contributed by atoms with Crippen molar-refractivity contribution in [1.29, 1.82) is 0 Å². The molecular formula is C17H14FN3O5. The van der Waals surface area contributed by atoms with Gasteiger partial charge in [0.05, 0.1) is 7.11 Å². The van der Waals surface area contributed by atoms with Crippen LogP contribution in [0.5, 0.6) is 5.75 Å². The van der Waals surface area contributed by atoms with Crippen molar-refractivity contribution in [3.8, 4) is 5.75 Å². The van der Waals surface area contributed by atoms with Crippen molar-refractivity contribution in [1.82, 2.24) is 15.3 Å². The van der Waals surface area contributed by atoms with Crippen LogP contribution in [0.4, 0.5) is 4.39 Å². The lowest BCUT2D eigenvalue weighted by molar-refractivity contribution is -0.121. The Morgan fingerprint density at radius 1 is 1.31 bits per heavy atom. The van der Waals surface area contributed by atoms with Gasteiger partial charge in [0.25, 0.3) is 5.91 Å². The number of carbonyl (C=O) groups is 3. The first-order chi connectivity index (χ1) is 12.5. The number of amides is 1. The molecule has 26 heavy (non-hydrogen) atoms. The Morgan fingerprint density at radius 2 is 2.08 bits per heavy atom. The zero-order valence-corrected chi connectivity index (χ0v) is 13.7. The summed E-state index contributed by atoms with van der Waals surface area (Å²) in [6.45, 7) is 0.135. The highest BCUT2D eigenvalue weighted by atomic mass is 19.1. The smallest absolute Gasteiger partial charge is 0.359 e. The number of Topliss-reactive ketones (excluding diaryl/α,β-unsaturated/α-hetero) is 1. The molecule has 0 bridgehead atoms. The number of hydrogen-bond donors (Lipinski definition) is 1. The van der Waals surface area contributed by atoms with E-state index >= 15 is 0 Å². The summed E-state index contributed by atoms with van der Waals surface area (Å²) in [4.78, 5) is 42.1. The van der Waals surface area contributed by atoms with Crippen LogP contribution in [0.2, 0.25) is 0 Å². The maximum Gasteiger partial charge on any atom is 0.359 e. The lowest BCUT2D eigenvalue weighted by Crippen LogP contribution is -2.27. The predicted molar refractivity (Wildman–Crippen MR) is 85.1 cm³/mol. The van der Waals surface area contributed by atoms with E-state index in [-0.39, 0.29) is 25.4 Å². The van der Waals surface area contributed by atoms with Gasteiger partial charge in [0.1, 0.15) is 18.7 Å². The third-order valence-electron chi connectivity index (χ3n) is 3.74. The van der Waals surface area contributed by atoms with Crippen molar-refractivity contribution < 1.29 is 28.2 Å². The van der Waals surface area contributed by atoms with Crippen LogP contribution in [0.15, 0.2) is 24.5 Å². The van der Waals surface area contributed by atoms with Gasteiger partial charge >= 0.3 is 5.97 Å². The third-order valence-corrected chi connectivity index (χ3v) is 3.74. The summed E-state index contributed by atoms with van der Waals surface area (Å²) in [5.74, 6) is -2.36. The highest BCUT2D eigenvalue weighted by Crippen LogP contribution is 2.24. The van der Waals surface area contributed by atoms with Gasteiger partial charge in [-0.2, -0.15) is 0 Å². The lowest BCUT2D eigenvalue weighted by Gasteiger charge is -2.17. The van der Waals surface area contributed by atoms with Gasteiger partial charge < -0.3 is 14.8 Å². The van der Waals surface area contributed by atoms with E-state index in [0.29, 0.717) is 11.3 Å². The zero-order chi connectivity index (χ0) is 18.7. The van der Waals surface area contributed by atoms with Gasteiger partial charge in [-0.1, -0.05) is 6.07 Å². The Kier molecular flexibility index (Phi) is 4.87. The number of benzene rings is 1. The van der Waals surface area contributed by atoms with E-state index in [1.165, 1.54) is 0 Å². The molecule has 1 amide bonds. The van der Waals surface area contributed by atoms with Crippen LogP contribution in [-0.2, 0) is 22.5 Å². The number of carbonyl (C=O) groups excluding carboxylic acids is 3. The molecule has 0 unspecified atom stereocenters. The number of aromatic nitrogens is 2. The second-order valence-electron chi connectivity index (χ2n) is 5.51. The van der Waals surface area contributed by atoms with Crippen molar-refractivity contribution in [2.75, 3.05) is 13.7 Å². The summed E-state index contributed by atoms with van der Waals surface area (Å²) in [6, 6.07) is 5.18. The predicted octanol–water partition coefficient (Wildman–Crippen LogP) is 0.836. The molecule has 1 aliphatic rings. The first kappa shape index (κ1) is 17.5. The largest absolute Gasteiger partial charge is 0.486 e. The minimum Gasteiger partial charge on any atom is -0.486 e. The van der Waals surface area contributed by atoms with E-state index in [0.717, 1.165) is 19.0 Å². The first-order valence-corrected chi connectivity index (χ1v) is 7.63. The van der Waals surface area contributed by atoms with E-state index in [1.807, 2.05) is 0 Å². The van der Waals surface area contributed by atoms with Crippen LogP contribution < -0.4 is 10.1 Å². The molecule has 0 fully saturated rings. The number of ether oxygens (including phenoxy) is 2. The number of nitrogens with zero attached hydrogens (tertiary/aromatic N) is 2. The van der Waals surface area contributed by atoms with Crippen LogP contribution in [-0.4, -0.2) is 41.3 Å². The fourth-order valence-electron chi connectivity index (χ4n) is 2.48. The van der Waals surface area contributed by atoms with Gasteiger partial charge in [0.2, 0.25) is 0 Å². The van der Waals surface area contributed by atoms with Crippen LogP contribution in [0, 0.1) is 5.82 Å². The Hall–Kier alpha value is -3.36. The molecule has 8 nitrogen and oxygen atoms in total. The molecule has 0 radical (unpaired) electrons. The lowest BCUT2D eigenvalue weighted by atomic mass is 10.0. The van der Waals surface area contributed by atoms with E-state index in [9.17, 15) is 18.8 Å². The molecule has 0 saturated heterocycles. The number of methoxy groups -OCH3 is 1. The van der Waals surface area contributed by atoms with Gasteiger partial charge in [-0.05, 0) is 17.7 Å². The molecule has 0 atom stereocenters. The van der Waals surface area contributed by atoms with Crippen molar-refractivity contribution in [2.24, 2.45) is 0 Å². The number of ketones is 1.